The van der Waals surface area contributed by atoms with Gasteiger partial charge in [-0.3, -0.25) is 9.36 Å². The molecule has 1 aromatic carbocycles. The fraction of sp³-hybridized carbons (Fsp3) is 0.370. The first-order chi connectivity index (χ1) is 18.3. The van der Waals surface area contributed by atoms with Crippen LogP contribution in [0, 0.1) is 0 Å². The van der Waals surface area contributed by atoms with Crippen LogP contribution >= 0.6 is 0 Å². The normalized spacial score (nSPS) is 16.1. The molecule has 4 aromatic rings. The number of nitrogens with zero attached hydrogens (tertiary/aromatic N) is 8. The highest BCUT2D eigenvalue weighted by atomic mass is 16.2. The fourth-order valence-electron chi connectivity index (χ4n) is 5.02. The molecule has 2 saturated heterocycles. The minimum atomic E-state index is 0.262. The number of amides is 1. The molecule has 0 saturated carbocycles. The van der Waals surface area contributed by atoms with Crippen molar-refractivity contribution >= 4 is 34.7 Å². The highest BCUT2D eigenvalue weighted by molar-refractivity contribution is 5.85. The molecule has 5 heterocycles. The molecule has 2 fully saturated rings. The number of hydrogen-bond acceptors (Lipinski definition) is 8. The van der Waals surface area contributed by atoms with Gasteiger partial charge in [0.1, 0.15) is 12.1 Å². The number of imidazole rings is 1. The van der Waals surface area contributed by atoms with Gasteiger partial charge in [-0.2, -0.15) is 9.97 Å². The highest BCUT2D eigenvalue weighted by Gasteiger charge is 2.23. The van der Waals surface area contributed by atoms with Gasteiger partial charge in [0, 0.05) is 64.1 Å². The predicted molar refractivity (Wildman–Crippen MR) is 144 cm³/mol. The second-order valence-corrected chi connectivity index (χ2v) is 9.42. The lowest BCUT2D eigenvalue weighted by Crippen LogP contribution is -2.47. The average Bonchev–Trinajstić information content (AvgIpc) is 3.58. The molecular formula is C27H31N9O. The molecule has 0 unspecified atom stereocenters. The lowest BCUT2D eigenvalue weighted by Gasteiger charge is -2.35. The van der Waals surface area contributed by atoms with E-state index in [1.165, 1.54) is 0 Å². The van der Waals surface area contributed by atoms with Gasteiger partial charge < -0.3 is 20.0 Å². The number of anilines is 3. The summed E-state index contributed by atoms with van der Waals surface area (Å²) in [5, 5.41) is 3.49. The van der Waals surface area contributed by atoms with Gasteiger partial charge in [0.2, 0.25) is 11.9 Å². The zero-order valence-corrected chi connectivity index (χ0v) is 20.8. The smallest absolute Gasteiger partial charge is 0.229 e. The minimum absolute atomic E-state index is 0.262. The van der Waals surface area contributed by atoms with Gasteiger partial charge in [-0.25, -0.2) is 9.97 Å². The second kappa shape index (κ2) is 10.4. The van der Waals surface area contributed by atoms with Crippen LogP contribution in [0.2, 0.25) is 0 Å². The van der Waals surface area contributed by atoms with Crippen LogP contribution in [0.5, 0.6) is 0 Å². The second-order valence-electron chi connectivity index (χ2n) is 9.42. The topological polar surface area (TPSA) is 95.3 Å². The average molecular weight is 498 g/mol. The van der Waals surface area contributed by atoms with Crippen LogP contribution in [0.15, 0.2) is 61.1 Å². The minimum Gasteiger partial charge on any atom is -0.368 e. The van der Waals surface area contributed by atoms with Crippen molar-refractivity contribution in [2.24, 2.45) is 0 Å². The van der Waals surface area contributed by atoms with E-state index >= 15 is 0 Å². The summed E-state index contributed by atoms with van der Waals surface area (Å²) in [6.45, 7) is 5.65. The zero-order valence-electron chi connectivity index (χ0n) is 20.8. The standard InChI is InChI=1S/C27H31N9O/c37-23-11-6-14-34(23)15-7-13-29-25-24-26(36(20-30-24)21-8-2-1-3-9-21)32-27(31-25)35-18-16-33(17-19-35)22-10-4-5-12-28-22/h1-5,8-10,12,20H,6-7,11,13-19H2,(H,29,31,32). The van der Waals surface area contributed by atoms with Gasteiger partial charge in [0.05, 0.1) is 0 Å². The van der Waals surface area contributed by atoms with E-state index in [4.69, 9.17) is 9.97 Å². The van der Waals surface area contributed by atoms with E-state index in [-0.39, 0.29) is 5.91 Å². The maximum Gasteiger partial charge on any atom is 0.229 e. The van der Waals surface area contributed by atoms with Gasteiger partial charge in [-0.1, -0.05) is 24.3 Å². The summed E-state index contributed by atoms with van der Waals surface area (Å²) in [4.78, 5) is 37.5. The van der Waals surface area contributed by atoms with Crippen molar-refractivity contribution in [1.82, 2.24) is 29.4 Å². The number of aromatic nitrogens is 5. The molecule has 0 radical (unpaired) electrons. The molecule has 0 aliphatic carbocycles. The number of piperazine rings is 1. The number of rotatable bonds is 8. The van der Waals surface area contributed by atoms with E-state index in [1.54, 1.807) is 0 Å². The summed E-state index contributed by atoms with van der Waals surface area (Å²) in [7, 11) is 0. The van der Waals surface area contributed by atoms with Crippen molar-refractivity contribution in [3.05, 3.63) is 61.1 Å². The third-order valence-electron chi connectivity index (χ3n) is 7.02. The highest BCUT2D eigenvalue weighted by Crippen LogP contribution is 2.26. The number of benzene rings is 1. The molecule has 0 atom stereocenters. The Kier molecular flexibility index (Phi) is 6.53. The Bertz CT molecular complexity index is 1350. The van der Waals surface area contributed by atoms with E-state index in [2.05, 4.69) is 37.2 Å². The van der Waals surface area contributed by atoms with Gasteiger partial charge >= 0.3 is 0 Å². The van der Waals surface area contributed by atoms with Crippen LogP contribution in [-0.2, 0) is 4.79 Å². The van der Waals surface area contributed by atoms with Crippen molar-refractivity contribution in [3.63, 3.8) is 0 Å². The largest absolute Gasteiger partial charge is 0.368 e. The summed E-state index contributed by atoms with van der Waals surface area (Å²) in [5.74, 6) is 2.69. The number of carbonyl (C=O) groups is 1. The first-order valence-corrected chi connectivity index (χ1v) is 13.0. The molecule has 10 nitrogen and oxygen atoms in total. The quantitative estimate of drug-likeness (QED) is 0.371. The lowest BCUT2D eigenvalue weighted by molar-refractivity contribution is -0.127. The molecule has 0 spiro atoms. The van der Waals surface area contributed by atoms with E-state index in [1.807, 2.05) is 58.4 Å². The molecular weight excluding hydrogens is 466 g/mol. The number of fused-ring (bicyclic) bond motifs is 1. The number of pyridine rings is 1. The Hall–Kier alpha value is -4.21. The van der Waals surface area contributed by atoms with Crippen LogP contribution in [0.1, 0.15) is 19.3 Å². The molecule has 6 rings (SSSR count). The van der Waals surface area contributed by atoms with Crippen LogP contribution in [0.25, 0.3) is 16.9 Å². The molecule has 1 amide bonds. The van der Waals surface area contributed by atoms with Crippen LogP contribution < -0.4 is 15.1 Å². The summed E-state index contributed by atoms with van der Waals surface area (Å²) >= 11 is 0. The van der Waals surface area contributed by atoms with Gasteiger partial charge in [0.25, 0.3) is 0 Å². The van der Waals surface area contributed by atoms with E-state index in [9.17, 15) is 4.79 Å². The Morgan fingerprint density at radius 3 is 2.43 bits per heavy atom. The number of carbonyl (C=O) groups excluding carboxylic acids is 1. The van der Waals surface area contributed by atoms with Crippen molar-refractivity contribution in [2.75, 3.05) is 60.9 Å². The van der Waals surface area contributed by atoms with Gasteiger partial charge in [-0.05, 0) is 37.1 Å². The van der Waals surface area contributed by atoms with Gasteiger partial charge in [0.15, 0.2) is 17.0 Å². The number of likely N-dealkylation sites (tertiary alicyclic amines) is 1. The van der Waals surface area contributed by atoms with Gasteiger partial charge in [-0.15, -0.1) is 0 Å². The van der Waals surface area contributed by atoms with Crippen LogP contribution in [-0.4, -0.2) is 81.1 Å². The molecule has 3 aromatic heterocycles. The molecule has 10 heteroatoms. The van der Waals surface area contributed by atoms with Crippen molar-refractivity contribution in [2.45, 2.75) is 19.3 Å². The molecule has 37 heavy (non-hydrogen) atoms. The number of hydrogen-bond donors (Lipinski definition) is 1. The Labute approximate surface area is 216 Å². The van der Waals surface area contributed by atoms with Crippen molar-refractivity contribution in [1.29, 1.82) is 0 Å². The zero-order chi connectivity index (χ0) is 25.0. The molecule has 1 N–H and O–H groups in total. The number of nitrogens with one attached hydrogen (secondary N) is 1. The first-order valence-electron chi connectivity index (χ1n) is 13.0. The predicted octanol–water partition coefficient (Wildman–Crippen LogP) is 2.96. The molecule has 2 aliphatic heterocycles. The Balaban J connectivity index is 1.24. The summed E-state index contributed by atoms with van der Waals surface area (Å²) in [6.07, 6.45) is 6.14. The maximum absolute atomic E-state index is 11.9. The third kappa shape index (κ3) is 4.91. The molecule has 190 valence electrons. The Morgan fingerprint density at radius 2 is 1.68 bits per heavy atom. The SMILES string of the molecule is O=C1CCCN1CCCNc1nc(N2CCN(c3ccccn3)CC2)nc2c1ncn2-c1ccccc1. The maximum atomic E-state index is 11.9. The van der Waals surface area contributed by atoms with E-state index < -0.39 is 0 Å². The van der Waals surface area contributed by atoms with Crippen LogP contribution in [0.4, 0.5) is 17.6 Å². The van der Waals surface area contributed by atoms with E-state index in [0.717, 1.165) is 80.6 Å². The lowest BCUT2D eigenvalue weighted by atomic mass is 10.3. The first kappa shape index (κ1) is 23.2. The fourth-order valence-corrected chi connectivity index (χ4v) is 5.02. The third-order valence-corrected chi connectivity index (χ3v) is 7.02. The summed E-state index contributed by atoms with van der Waals surface area (Å²) in [5.41, 5.74) is 2.53. The van der Waals surface area contributed by atoms with Crippen molar-refractivity contribution < 1.29 is 4.79 Å². The van der Waals surface area contributed by atoms with Crippen LogP contribution in [0.3, 0.4) is 0 Å². The molecule has 0 bridgehead atoms. The molecule has 2 aliphatic rings. The van der Waals surface area contributed by atoms with E-state index in [0.29, 0.717) is 18.9 Å². The number of para-hydroxylation sites is 1. The summed E-state index contributed by atoms with van der Waals surface area (Å²) < 4.78 is 2.01. The van der Waals surface area contributed by atoms with Crippen molar-refractivity contribution in [3.8, 4) is 5.69 Å². The Morgan fingerprint density at radius 1 is 0.865 bits per heavy atom. The monoisotopic (exact) mass is 497 g/mol. The summed E-state index contributed by atoms with van der Waals surface area (Å²) in [6, 6.07) is 16.1.